The molecule has 0 radical (unpaired) electrons. The third kappa shape index (κ3) is 4.32. The van der Waals surface area contributed by atoms with Crippen LogP contribution in [0.2, 0.25) is 0 Å². The quantitative estimate of drug-likeness (QED) is 0.456. The van der Waals surface area contributed by atoms with Crippen LogP contribution in [-0.2, 0) is 0 Å². The summed E-state index contributed by atoms with van der Waals surface area (Å²) in [5, 5.41) is 18.8. The van der Waals surface area contributed by atoms with Crippen molar-refractivity contribution in [3.8, 4) is 23.0 Å². The first-order chi connectivity index (χ1) is 12.1. The van der Waals surface area contributed by atoms with Gasteiger partial charge in [-0.2, -0.15) is 0 Å². The molecule has 0 amide bonds. The van der Waals surface area contributed by atoms with Gasteiger partial charge >= 0.3 is 0 Å². The Balaban J connectivity index is 1.74. The van der Waals surface area contributed by atoms with E-state index in [1.807, 2.05) is 0 Å². The average Bonchev–Trinajstić information content (AvgIpc) is 3.45. The molecule has 0 spiro atoms. The highest BCUT2D eigenvalue weighted by Gasteiger charge is 2.22. The molecule has 2 N–H and O–H groups in total. The molecule has 130 valence electrons. The first-order valence-corrected chi connectivity index (χ1v) is 8.12. The normalized spacial score (nSPS) is 13.8. The number of rotatable bonds is 7. The summed E-state index contributed by atoms with van der Waals surface area (Å²) in [7, 11) is 1.57. The smallest absolute Gasteiger partial charge is 0.185 e. The van der Waals surface area contributed by atoms with Gasteiger partial charge in [0, 0.05) is 5.56 Å². The van der Waals surface area contributed by atoms with Crippen molar-refractivity contribution in [1.82, 2.24) is 0 Å². The standard InChI is InChI=1S/C20H20O5/c1-24-19-9-6-15(11-20(19)25-12-14-2-3-14)16(21)7-4-13-5-8-17(22)18(23)10-13/h4-11,14,22-23H,2-3,12H2,1H3/b7-4+. The Kier molecular flexibility index (Phi) is 4.93. The zero-order valence-electron chi connectivity index (χ0n) is 13.9. The predicted molar refractivity (Wildman–Crippen MR) is 94.3 cm³/mol. The molecule has 0 atom stereocenters. The van der Waals surface area contributed by atoms with E-state index < -0.39 is 0 Å². The number of ketones is 1. The van der Waals surface area contributed by atoms with Crippen molar-refractivity contribution in [3.63, 3.8) is 0 Å². The molecular weight excluding hydrogens is 320 g/mol. The summed E-state index contributed by atoms with van der Waals surface area (Å²) in [5.74, 6) is 1.16. The van der Waals surface area contributed by atoms with Crippen molar-refractivity contribution in [3.05, 3.63) is 53.6 Å². The Morgan fingerprint density at radius 2 is 1.92 bits per heavy atom. The SMILES string of the molecule is COc1ccc(C(=O)/C=C/c2ccc(O)c(O)c2)cc1OCC1CC1. The van der Waals surface area contributed by atoms with Crippen LogP contribution in [0.1, 0.15) is 28.8 Å². The summed E-state index contributed by atoms with van der Waals surface area (Å²) in [5.41, 5.74) is 1.10. The summed E-state index contributed by atoms with van der Waals surface area (Å²) in [6, 6.07) is 9.45. The average molecular weight is 340 g/mol. The zero-order chi connectivity index (χ0) is 17.8. The van der Waals surface area contributed by atoms with Crippen LogP contribution in [-0.4, -0.2) is 29.7 Å². The van der Waals surface area contributed by atoms with Crippen molar-refractivity contribution in [2.45, 2.75) is 12.8 Å². The second-order valence-corrected chi connectivity index (χ2v) is 6.07. The van der Waals surface area contributed by atoms with Crippen molar-refractivity contribution in [1.29, 1.82) is 0 Å². The Bertz CT molecular complexity index is 806. The lowest BCUT2D eigenvalue weighted by Crippen LogP contribution is -2.03. The molecule has 5 heteroatoms. The van der Waals surface area contributed by atoms with Crippen LogP contribution >= 0.6 is 0 Å². The summed E-state index contributed by atoms with van der Waals surface area (Å²) >= 11 is 0. The molecule has 25 heavy (non-hydrogen) atoms. The van der Waals surface area contributed by atoms with Crippen molar-refractivity contribution in [2.75, 3.05) is 13.7 Å². The maximum Gasteiger partial charge on any atom is 0.185 e. The van der Waals surface area contributed by atoms with Crippen LogP contribution < -0.4 is 9.47 Å². The number of phenols is 2. The Morgan fingerprint density at radius 1 is 1.12 bits per heavy atom. The van der Waals surface area contributed by atoms with Gasteiger partial charge in [0.15, 0.2) is 28.8 Å². The first-order valence-electron chi connectivity index (χ1n) is 8.12. The van der Waals surface area contributed by atoms with Crippen molar-refractivity contribution in [2.24, 2.45) is 5.92 Å². The van der Waals surface area contributed by atoms with E-state index >= 15 is 0 Å². The lowest BCUT2D eigenvalue weighted by Gasteiger charge is -2.11. The second-order valence-electron chi connectivity index (χ2n) is 6.07. The molecule has 0 aromatic heterocycles. The Labute approximate surface area is 146 Å². The number of allylic oxidation sites excluding steroid dienone is 1. The highest BCUT2D eigenvalue weighted by molar-refractivity contribution is 6.07. The molecule has 0 saturated heterocycles. The van der Waals surface area contributed by atoms with Crippen LogP contribution in [0, 0.1) is 5.92 Å². The fourth-order valence-electron chi connectivity index (χ4n) is 2.35. The summed E-state index contributed by atoms with van der Waals surface area (Å²) in [6.07, 6.45) is 5.36. The maximum atomic E-state index is 12.4. The van der Waals surface area contributed by atoms with Gasteiger partial charge in [-0.05, 0) is 60.7 Å². The van der Waals surface area contributed by atoms with Gasteiger partial charge in [0.1, 0.15) is 0 Å². The highest BCUT2D eigenvalue weighted by atomic mass is 16.5. The minimum absolute atomic E-state index is 0.188. The van der Waals surface area contributed by atoms with Gasteiger partial charge in [-0.1, -0.05) is 12.1 Å². The summed E-state index contributed by atoms with van der Waals surface area (Å²) < 4.78 is 11.1. The highest BCUT2D eigenvalue weighted by Crippen LogP contribution is 2.33. The molecule has 0 aliphatic heterocycles. The molecule has 1 aliphatic rings. The zero-order valence-corrected chi connectivity index (χ0v) is 13.9. The number of hydrogen-bond donors (Lipinski definition) is 2. The fourth-order valence-corrected chi connectivity index (χ4v) is 2.35. The molecule has 5 nitrogen and oxygen atoms in total. The number of methoxy groups -OCH3 is 1. The van der Waals surface area contributed by atoms with Gasteiger partial charge < -0.3 is 19.7 Å². The van der Waals surface area contributed by atoms with Crippen LogP contribution in [0.3, 0.4) is 0 Å². The van der Waals surface area contributed by atoms with Gasteiger partial charge in [-0.3, -0.25) is 4.79 Å². The van der Waals surface area contributed by atoms with Crippen LogP contribution in [0.5, 0.6) is 23.0 Å². The lowest BCUT2D eigenvalue weighted by atomic mass is 10.1. The lowest BCUT2D eigenvalue weighted by molar-refractivity contribution is 0.104. The number of phenolic OH excluding ortho intramolecular Hbond substituents is 2. The van der Waals surface area contributed by atoms with E-state index in [0.29, 0.717) is 35.2 Å². The van der Waals surface area contributed by atoms with Gasteiger partial charge in [0.25, 0.3) is 0 Å². The van der Waals surface area contributed by atoms with E-state index in [9.17, 15) is 15.0 Å². The van der Waals surface area contributed by atoms with Crippen molar-refractivity contribution >= 4 is 11.9 Å². The van der Waals surface area contributed by atoms with E-state index in [2.05, 4.69) is 0 Å². The van der Waals surface area contributed by atoms with E-state index in [-0.39, 0.29) is 17.3 Å². The fraction of sp³-hybridized carbons (Fsp3) is 0.250. The molecule has 2 aromatic carbocycles. The molecule has 1 saturated carbocycles. The van der Waals surface area contributed by atoms with E-state index in [0.717, 1.165) is 0 Å². The van der Waals surface area contributed by atoms with E-state index in [1.54, 1.807) is 37.5 Å². The largest absolute Gasteiger partial charge is 0.504 e. The molecule has 3 rings (SSSR count). The van der Waals surface area contributed by atoms with Crippen LogP contribution in [0.25, 0.3) is 6.08 Å². The number of hydrogen-bond acceptors (Lipinski definition) is 5. The molecule has 1 aliphatic carbocycles. The van der Waals surface area contributed by atoms with Gasteiger partial charge in [-0.25, -0.2) is 0 Å². The predicted octanol–water partition coefficient (Wildman–Crippen LogP) is 3.79. The second kappa shape index (κ2) is 7.30. The number of carbonyl (C=O) groups is 1. The Morgan fingerprint density at radius 3 is 2.60 bits per heavy atom. The molecule has 0 unspecified atom stereocenters. The number of aromatic hydroxyl groups is 2. The van der Waals surface area contributed by atoms with Crippen LogP contribution in [0.4, 0.5) is 0 Å². The Hall–Kier alpha value is -2.95. The molecule has 0 bridgehead atoms. The topological polar surface area (TPSA) is 76.0 Å². The first kappa shape index (κ1) is 16.9. The van der Waals surface area contributed by atoms with Gasteiger partial charge in [-0.15, -0.1) is 0 Å². The van der Waals surface area contributed by atoms with Gasteiger partial charge in [0.05, 0.1) is 13.7 Å². The number of benzene rings is 2. The van der Waals surface area contributed by atoms with Crippen LogP contribution in [0.15, 0.2) is 42.5 Å². The minimum atomic E-state index is -0.227. The number of ether oxygens (including phenoxy) is 2. The van der Waals surface area contributed by atoms with E-state index in [4.69, 9.17) is 9.47 Å². The summed E-state index contributed by atoms with van der Waals surface area (Å²) in [6.45, 7) is 0.636. The monoisotopic (exact) mass is 340 g/mol. The third-order valence-electron chi connectivity index (χ3n) is 4.05. The molecular formula is C20H20O5. The minimum Gasteiger partial charge on any atom is -0.504 e. The number of carbonyl (C=O) groups excluding carboxylic acids is 1. The van der Waals surface area contributed by atoms with E-state index in [1.165, 1.54) is 31.1 Å². The molecule has 2 aromatic rings. The summed E-state index contributed by atoms with van der Waals surface area (Å²) in [4.78, 5) is 12.4. The van der Waals surface area contributed by atoms with Gasteiger partial charge in [0.2, 0.25) is 0 Å². The maximum absolute atomic E-state index is 12.4. The molecule has 0 heterocycles. The van der Waals surface area contributed by atoms with Crippen molar-refractivity contribution < 1.29 is 24.5 Å². The third-order valence-corrected chi connectivity index (χ3v) is 4.05. The molecule has 1 fully saturated rings.